The molecule has 4 nitrogen and oxygen atoms in total. The van der Waals surface area contributed by atoms with Gasteiger partial charge in [0, 0.05) is 0 Å². The first-order valence-corrected chi connectivity index (χ1v) is 5.68. The predicted molar refractivity (Wildman–Crippen MR) is 26.2 cm³/mol. The van der Waals surface area contributed by atoms with Crippen molar-refractivity contribution in [1.29, 1.82) is 0 Å². The summed E-state index contributed by atoms with van der Waals surface area (Å²) in [5.41, 5.74) is 0. The van der Waals surface area contributed by atoms with Crippen LogP contribution in [0.4, 0.5) is 0 Å². The minimum atomic E-state index is -4.61. The molecule has 0 radical (unpaired) electrons. The Morgan fingerprint density at radius 1 is 1.00 bits per heavy atom. The first kappa shape index (κ1) is 10.9. The van der Waals surface area contributed by atoms with Gasteiger partial charge in [-0.25, -0.2) is 0 Å². The van der Waals surface area contributed by atoms with Gasteiger partial charge in [-0.05, 0) is 0 Å². The van der Waals surface area contributed by atoms with E-state index in [0.717, 1.165) is 0 Å². The minimum absolute atomic E-state index is 1.31. The van der Waals surface area contributed by atoms with Crippen molar-refractivity contribution in [2.45, 2.75) is 4.17 Å². The van der Waals surface area contributed by atoms with E-state index in [2.05, 4.69) is 4.17 Å². The van der Waals surface area contributed by atoms with Crippen LogP contribution in [0.2, 0.25) is 4.17 Å². The van der Waals surface area contributed by atoms with E-state index in [1.54, 1.807) is 0 Å². The van der Waals surface area contributed by atoms with Crippen LogP contribution >= 0.6 is 0 Å². The molecule has 0 spiro atoms. The van der Waals surface area contributed by atoms with Gasteiger partial charge in [-0.2, -0.15) is 0 Å². The van der Waals surface area contributed by atoms with Crippen LogP contribution in [0.3, 0.4) is 0 Å². The van der Waals surface area contributed by atoms with Crippen LogP contribution in [0.5, 0.6) is 0 Å². The summed E-state index contributed by atoms with van der Waals surface area (Å²) >= 11 is 1.31. The Morgan fingerprint density at radius 2 is 1.00 bits per heavy atom. The molecule has 0 bridgehead atoms. The van der Waals surface area contributed by atoms with Crippen molar-refractivity contribution in [1.82, 2.24) is 0 Å². The molecule has 0 aliphatic heterocycles. The number of hydrogen-bond donors (Lipinski definition) is 4. The molecule has 6 heteroatoms. The van der Waals surface area contributed by atoms with E-state index in [1.165, 1.54) is 27.9 Å². The van der Waals surface area contributed by atoms with Gasteiger partial charge in [-0.1, -0.05) is 0 Å². The van der Waals surface area contributed by atoms with E-state index in [4.69, 9.17) is 19.2 Å². The van der Waals surface area contributed by atoms with Gasteiger partial charge in [-0.15, -0.1) is 0 Å². The fourth-order valence-electron chi connectivity index (χ4n) is 0. The van der Waals surface area contributed by atoms with E-state index in [9.17, 15) is 0 Å². The van der Waals surface area contributed by atoms with Gasteiger partial charge in [0.05, 0.1) is 0 Å². The maximum absolute atomic E-state index is 7.33. The molecule has 0 atom stereocenters. The SMILES string of the molecule is O[Si](O)(O)O.[CH3][Na]. The molecule has 4 N–H and O–H groups in total. The van der Waals surface area contributed by atoms with Crippen molar-refractivity contribution < 1.29 is 19.2 Å². The Labute approximate surface area is 60.3 Å². The Kier molecular flexibility index (Phi) is 8.12. The molecule has 0 rings (SSSR count). The van der Waals surface area contributed by atoms with E-state index < -0.39 is 9.05 Å². The normalized spacial score (nSPS) is 9.57. The fraction of sp³-hybridized carbons (Fsp3) is 1.00. The first-order chi connectivity index (χ1) is 3.00. The fourth-order valence-corrected chi connectivity index (χ4v) is 0. The summed E-state index contributed by atoms with van der Waals surface area (Å²) in [6.45, 7) is 0. The van der Waals surface area contributed by atoms with Crippen molar-refractivity contribution in [3.8, 4) is 0 Å². The third kappa shape index (κ3) is 162. The van der Waals surface area contributed by atoms with Gasteiger partial charge in [0.15, 0.2) is 0 Å². The summed E-state index contributed by atoms with van der Waals surface area (Å²) < 4.78 is 2.14. The van der Waals surface area contributed by atoms with Crippen LogP contribution < -0.4 is 0 Å². The molecule has 0 aromatic heterocycles. The standard InChI is InChI=1S/CH3.Na.H4O4Si/c;;1-5(2,3)4/h1H3;;1-4H. The summed E-state index contributed by atoms with van der Waals surface area (Å²) in [4.78, 5) is 29.3. The summed E-state index contributed by atoms with van der Waals surface area (Å²) in [6, 6.07) is 0. The Hall–Kier alpha value is 1.06. The van der Waals surface area contributed by atoms with Crippen molar-refractivity contribution in [2.75, 3.05) is 0 Å². The molecule has 0 amide bonds. The summed E-state index contributed by atoms with van der Waals surface area (Å²) in [6.07, 6.45) is 0. The second-order valence-electron chi connectivity index (χ2n) is 0.600. The molecule has 0 aromatic carbocycles. The molecule has 0 fully saturated rings. The van der Waals surface area contributed by atoms with Crippen LogP contribution in [0.1, 0.15) is 0 Å². The molecular weight excluding hydrogens is 127 g/mol. The zero-order chi connectivity index (χ0) is 6.50. The van der Waals surface area contributed by atoms with E-state index >= 15 is 0 Å². The summed E-state index contributed by atoms with van der Waals surface area (Å²) in [5.74, 6) is 0. The molecular formula is CH7NaO4Si. The van der Waals surface area contributed by atoms with Gasteiger partial charge in [-0.3, -0.25) is 0 Å². The Bertz CT molecular complexity index is 27.2. The molecule has 40 valence electrons. The van der Waals surface area contributed by atoms with E-state index in [0.29, 0.717) is 0 Å². The molecule has 0 aliphatic rings. The van der Waals surface area contributed by atoms with Gasteiger partial charge in [0.2, 0.25) is 0 Å². The van der Waals surface area contributed by atoms with Gasteiger partial charge in [0.25, 0.3) is 0 Å². The van der Waals surface area contributed by atoms with Crippen molar-refractivity contribution in [3.05, 3.63) is 0 Å². The van der Waals surface area contributed by atoms with Gasteiger partial charge >= 0.3 is 41.2 Å². The van der Waals surface area contributed by atoms with E-state index in [-0.39, 0.29) is 0 Å². The zero-order valence-electron chi connectivity index (χ0n) is 4.29. The third-order valence-electron chi connectivity index (χ3n) is 0. The molecule has 0 saturated heterocycles. The van der Waals surface area contributed by atoms with Gasteiger partial charge < -0.3 is 19.2 Å². The molecule has 0 unspecified atom stereocenters. The van der Waals surface area contributed by atoms with Crippen molar-refractivity contribution in [2.24, 2.45) is 0 Å². The average Bonchev–Trinajstić information content (AvgIpc) is 1.36. The average molecular weight is 134 g/mol. The molecule has 7 heavy (non-hydrogen) atoms. The summed E-state index contributed by atoms with van der Waals surface area (Å²) in [7, 11) is -4.61. The van der Waals surface area contributed by atoms with Crippen LogP contribution in [0.25, 0.3) is 0 Å². The molecule has 0 aliphatic carbocycles. The number of hydrogen-bond acceptors (Lipinski definition) is 4. The predicted octanol–water partition coefficient (Wildman–Crippen LogP) is -2.41. The second kappa shape index (κ2) is 5.20. The molecule has 0 aromatic rings. The van der Waals surface area contributed by atoms with Crippen molar-refractivity contribution in [3.63, 3.8) is 0 Å². The zero-order valence-corrected chi connectivity index (χ0v) is 7.29. The maximum atomic E-state index is 7.33. The van der Waals surface area contributed by atoms with Crippen LogP contribution in [0.15, 0.2) is 0 Å². The van der Waals surface area contributed by atoms with Crippen molar-refractivity contribution >= 4 is 37.0 Å². The van der Waals surface area contributed by atoms with Gasteiger partial charge in [0.1, 0.15) is 0 Å². The monoisotopic (exact) mass is 134 g/mol. The first-order valence-electron chi connectivity index (χ1n) is 1.89. The number of rotatable bonds is 0. The topological polar surface area (TPSA) is 80.9 Å². The Morgan fingerprint density at radius 3 is 1.00 bits per heavy atom. The quantitative estimate of drug-likeness (QED) is 0.278. The summed E-state index contributed by atoms with van der Waals surface area (Å²) in [5, 5.41) is 0. The third-order valence-corrected chi connectivity index (χ3v) is 0. The molecule has 0 saturated carbocycles. The molecule has 0 heterocycles. The van der Waals surface area contributed by atoms with Crippen LogP contribution in [0, 0.1) is 0 Å². The van der Waals surface area contributed by atoms with Crippen LogP contribution in [-0.2, 0) is 0 Å². The van der Waals surface area contributed by atoms with E-state index in [1.807, 2.05) is 0 Å². The van der Waals surface area contributed by atoms with Crippen LogP contribution in [-0.4, -0.2) is 56.2 Å². The Balaban J connectivity index is 0. The second-order valence-corrected chi connectivity index (χ2v) is 1.80.